The van der Waals surface area contributed by atoms with E-state index >= 15 is 0 Å². The van der Waals surface area contributed by atoms with Crippen LogP contribution in [0.25, 0.3) is 0 Å². The summed E-state index contributed by atoms with van der Waals surface area (Å²) in [5.41, 5.74) is 1.23. The summed E-state index contributed by atoms with van der Waals surface area (Å²) in [4.78, 5) is 0. The molecule has 0 aliphatic carbocycles. The molecule has 0 N–H and O–H groups in total. The van der Waals surface area contributed by atoms with Crippen molar-refractivity contribution in [2.75, 3.05) is 5.01 Å². The van der Waals surface area contributed by atoms with Crippen LogP contribution in [0.1, 0.15) is 36.5 Å². The third-order valence-corrected chi connectivity index (χ3v) is 5.91. The Hall–Kier alpha value is -1.11. The molecule has 0 bridgehead atoms. The molecule has 108 valence electrons. The third kappa shape index (κ3) is 2.08. The van der Waals surface area contributed by atoms with Crippen LogP contribution in [0.2, 0.25) is 5.02 Å². The quantitative estimate of drug-likeness (QED) is 0.814. The zero-order valence-electron chi connectivity index (χ0n) is 11.5. The van der Waals surface area contributed by atoms with E-state index in [9.17, 15) is 0 Å². The van der Waals surface area contributed by atoms with Crippen LogP contribution in [0.4, 0.5) is 0 Å². The second-order valence-corrected chi connectivity index (χ2v) is 7.63. The Morgan fingerprint density at radius 1 is 1.19 bits per heavy atom. The van der Waals surface area contributed by atoms with Crippen LogP contribution in [0, 0.1) is 0 Å². The maximum Gasteiger partial charge on any atom is 0.216 e. The molecule has 21 heavy (non-hydrogen) atoms. The number of halogens is 1. The van der Waals surface area contributed by atoms with E-state index in [0.717, 1.165) is 16.0 Å². The summed E-state index contributed by atoms with van der Waals surface area (Å²) in [6.07, 6.45) is 0. The highest BCUT2D eigenvalue weighted by molar-refractivity contribution is 8.07. The van der Waals surface area contributed by atoms with Gasteiger partial charge in [-0.05, 0) is 29.5 Å². The topological polar surface area (TPSA) is 34.0 Å². The average molecular weight is 337 g/mol. The molecule has 4 rings (SSSR count). The molecule has 1 aromatic carbocycles. The van der Waals surface area contributed by atoms with Crippen molar-refractivity contribution in [1.82, 2.24) is 14.9 Å². The number of aromatic nitrogens is 3. The van der Waals surface area contributed by atoms with Crippen molar-refractivity contribution in [3.8, 4) is 0 Å². The Morgan fingerprint density at radius 2 is 1.95 bits per heavy atom. The van der Waals surface area contributed by atoms with E-state index in [4.69, 9.17) is 11.6 Å². The summed E-state index contributed by atoms with van der Waals surface area (Å²) in [6.45, 7) is 4.29. The lowest BCUT2D eigenvalue weighted by atomic mass is 10.2. The molecule has 0 spiro atoms. The second kappa shape index (κ2) is 4.97. The fourth-order valence-corrected chi connectivity index (χ4v) is 4.83. The van der Waals surface area contributed by atoms with Crippen LogP contribution in [0.5, 0.6) is 0 Å². The average Bonchev–Trinajstić information content (AvgIpc) is 3.09. The van der Waals surface area contributed by atoms with Crippen LogP contribution in [-0.4, -0.2) is 14.9 Å². The van der Waals surface area contributed by atoms with Gasteiger partial charge in [-0.15, -0.1) is 10.2 Å². The van der Waals surface area contributed by atoms with Gasteiger partial charge in [-0.25, -0.2) is 4.68 Å². The summed E-state index contributed by atoms with van der Waals surface area (Å²) < 4.78 is 2.15. The maximum atomic E-state index is 6.00. The number of hydrogen-bond donors (Lipinski definition) is 0. The molecule has 3 heterocycles. The number of fused-ring (bicyclic) bond motifs is 3. The predicted octanol–water partition coefficient (Wildman–Crippen LogP) is 4.34. The van der Waals surface area contributed by atoms with E-state index in [0.29, 0.717) is 5.92 Å². The predicted molar refractivity (Wildman–Crippen MR) is 88.1 cm³/mol. The summed E-state index contributed by atoms with van der Waals surface area (Å²) in [7, 11) is 0. The van der Waals surface area contributed by atoms with Gasteiger partial charge in [0.25, 0.3) is 0 Å². The maximum absolute atomic E-state index is 6.00. The number of nitrogens with zero attached hydrogens (tertiary/aromatic N) is 4. The van der Waals surface area contributed by atoms with Gasteiger partial charge in [0.05, 0.1) is 0 Å². The van der Waals surface area contributed by atoms with Crippen molar-refractivity contribution in [1.29, 1.82) is 0 Å². The van der Waals surface area contributed by atoms with Crippen molar-refractivity contribution < 1.29 is 0 Å². The molecule has 0 radical (unpaired) electrons. The highest BCUT2D eigenvalue weighted by Gasteiger charge is 2.39. The van der Waals surface area contributed by atoms with E-state index in [-0.39, 0.29) is 5.37 Å². The fourth-order valence-electron chi connectivity index (χ4n) is 2.47. The first kappa shape index (κ1) is 13.5. The molecular weight excluding hydrogens is 324 g/mol. The van der Waals surface area contributed by atoms with Gasteiger partial charge < -0.3 is 0 Å². The number of benzene rings is 1. The van der Waals surface area contributed by atoms with Crippen LogP contribution >= 0.6 is 35.1 Å². The van der Waals surface area contributed by atoms with Crippen LogP contribution < -0.4 is 5.01 Å². The molecule has 0 unspecified atom stereocenters. The van der Waals surface area contributed by atoms with Gasteiger partial charge in [-0.3, -0.25) is 5.01 Å². The molecule has 2 aromatic rings. The molecule has 1 atom stereocenters. The first-order valence-electron chi connectivity index (χ1n) is 6.69. The van der Waals surface area contributed by atoms with Crippen molar-refractivity contribution in [3.63, 3.8) is 0 Å². The van der Waals surface area contributed by atoms with Gasteiger partial charge >= 0.3 is 0 Å². The Morgan fingerprint density at radius 3 is 2.67 bits per heavy atom. The van der Waals surface area contributed by atoms with E-state index < -0.39 is 0 Å². The summed E-state index contributed by atoms with van der Waals surface area (Å²) in [5, 5.41) is 16.3. The first-order chi connectivity index (χ1) is 10.1. The number of thioether (sulfide) groups is 2. The molecule has 4 nitrogen and oxygen atoms in total. The van der Waals surface area contributed by atoms with Crippen molar-refractivity contribution >= 4 is 35.1 Å². The first-order valence-corrected chi connectivity index (χ1v) is 8.82. The highest BCUT2D eigenvalue weighted by Crippen LogP contribution is 2.51. The zero-order valence-corrected chi connectivity index (χ0v) is 13.9. The van der Waals surface area contributed by atoms with Crippen molar-refractivity contribution in [2.24, 2.45) is 0 Å². The van der Waals surface area contributed by atoms with Gasteiger partial charge in [0, 0.05) is 16.3 Å². The van der Waals surface area contributed by atoms with E-state index in [1.54, 1.807) is 23.5 Å². The van der Waals surface area contributed by atoms with Gasteiger partial charge in [0.1, 0.15) is 10.4 Å². The smallest absolute Gasteiger partial charge is 0.216 e. The molecular formula is C14H13ClN4S2. The lowest BCUT2D eigenvalue weighted by molar-refractivity contribution is 0.582. The van der Waals surface area contributed by atoms with E-state index in [2.05, 4.69) is 51.3 Å². The van der Waals surface area contributed by atoms with Crippen LogP contribution in [0.3, 0.4) is 0 Å². The minimum Gasteiger partial charge on any atom is -0.252 e. The Kier molecular flexibility index (Phi) is 3.20. The Balaban J connectivity index is 1.77. The Bertz CT molecular complexity index is 723. The fraction of sp³-hybridized carbons (Fsp3) is 0.286. The lowest BCUT2D eigenvalue weighted by Gasteiger charge is -2.26. The largest absolute Gasteiger partial charge is 0.252 e. The van der Waals surface area contributed by atoms with Gasteiger partial charge in [0.2, 0.25) is 5.16 Å². The monoisotopic (exact) mass is 336 g/mol. The van der Waals surface area contributed by atoms with Crippen molar-refractivity contribution in [3.05, 3.63) is 51.1 Å². The van der Waals surface area contributed by atoms with Gasteiger partial charge in [-0.1, -0.05) is 49.3 Å². The minimum absolute atomic E-state index is 0.208. The molecule has 0 saturated heterocycles. The third-order valence-electron chi connectivity index (χ3n) is 3.46. The molecule has 2 aliphatic rings. The highest BCUT2D eigenvalue weighted by atomic mass is 35.5. The van der Waals surface area contributed by atoms with Crippen LogP contribution in [0.15, 0.2) is 39.9 Å². The van der Waals surface area contributed by atoms with Crippen LogP contribution in [-0.2, 0) is 0 Å². The summed E-state index contributed by atoms with van der Waals surface area (Å²) in [5.74, 6) is 1.34. The van der Waals surface area contributed by atoms with Gasteiger partial charge in [-0.2, -0.15) is 0 Å². The lowest BCUT2D eigenvalue weighted by Crippen LogP contribution is -2.31. The standard InChI is InChI=1S/C14H13ClN4S2/c1-8(2)12-16-17-14-19(12)18-11(21-14)7-20-13(18)9-3-5-10(15)6-4-9/h3-8,13H,1-2H3/t13-/m1/s1. The Labute approximate surface area is 136 Å². The molecule has 7 heteroatoms. The van der Waals surface area contributed by atoms with Crippen molar-refractivity contribution in [2.45, 2.75) is 30.3 Å². The summed E-state index contributed by atoms with van der Waals surface area (Å²) >= 11 is 9.48. The molecule has 0 saturated carbocycles. The number of hydrogen-bond acceptors (Lipinski definition) is 5. The van der Waals surface area contributed by atoms with E-state index in [1.165, 1.54) is 10.6 Å². The normalized spacial score (nSPS) is 19.9. The number of rotatable bonds is 2. The molecule has 2 aliphatic heterocycles. The second-order valence-electron chi connectivity index (χ2n) is 5.25. The zero-order chi connectivity index (χ0) is 14.6. The van der Waals surface area contributed by atoms with E-state index in [1.807, 2.05) is 12.1 Å². The minimum atomic E-state index is 0.208. The molecule has 0 amide bonds. The SMILES string of the molecule is CC(C)c1nnc2n1N1C(=CS[C@@H]1c1ccc(Cl)cc1)S2. The summed E-state index contributed by atoms with van der Waals surface area (Å²) in [6, 6.07) is 8.04. The van der Waals surface area contributed by atoms with Gasteiger partial charge in [0.15, 0.2) is 5.82 Å². The molecule has 1 aromatic heterocycles. The molecule has 0 fully saturated rings.